The van der Waals surface area contributed by atoms with E-state index in [0.717, 1.165) is 11.8 Å². The van der Waals surface area contributed by atoms with Crippen LogP contribution in [0.25, 0.3) is 0 Å². The lowest BCUT2D eigenvalue weighted by atomic mass is 9.86. The molecule has 2 aromatic rings. The van der Waals surface area contributed by atoms with E-state index in [1.165, 1.54) is 36.4 Å². The van der Waals surface area contributed by atoms with E-state index < -0.39 is 105 Å². The van der Waals surface area contributed by atoms with Crippen molar-refractivity contribution in [3.8, 4) is 17.2 Å². The Labute approximate surface area is 326 Å². The highest BCUT2D eigenvalue weighted by Gasteiger charge is 2.47. The van der Waals surface area contributed by atoms with Crippen LogP contribution in [0, 0.1) is 5.92 Å². The third kappa shape index (κ3) is 10.6. The molecule has 12 atom stereocenters. The first-order chi connectivity index (χ1) is 27.3. The lowest BCUT2D eigenvalue weighted by Crippen LogP contribution is -2.60. The van der Waals surface area contributed by atoms with Crippen LogP contribution in [0.4, 0.5) is 0 Å². The average molecular weight is 809 g/mol. The van der Waals surface area contributed by atoms with Crippen molar-refractivity contribution in [3.05, 3.63) is 77.1 Å². The zero-order chi connectivity index (χ0) is 41.4. The molecule has 19 nitrogen and oxygen atoms in total. The zero-order valence-electron chi connectivity index (χ0n) is 30.7. The Morgan fingerprint density at radius 3 is 1.95 bits per heavy atom. The summed E-state index contributed by atoms with van der Waals surface area (Å²) in [6.45, 7) is 0.132. The Kier molecular flexibility index (Phi) is 15.4. The Bertz CT molecular complexity index is 1710. The van der Waals surface area contributed by atoms with Gasteiger partial charge in [0, 0.05) is 17.9 Å². The minimum atomic E-state index is -1.77. The molecule has 0 saturated carbocycles. The zero-order valence-corrected chi connectivity index (χ0v) is 30.7. The molecule has 5 rings (SSSR count). The molecule has 3 heterocycles. The van der Waals surface area contributed by atoms with Gasteiger partial charge in [-0.2, -0.15) is 0 Å². The normalized spacial score (nSPS) is 32.3. The van der Waals surface area contributed by atoms with Gasteiger partial charge in [-0.3, -0.25) is 4.79 Å². The van der Waals surface area contributed by atoms with E-state index in [2.05, 4.69) is 0 Å². The second-order valence-electron chi connectivity index (χ2n) is 13.6. The second kappa shape index (κ2) is 20.0. The number of ether oxygens (including phenoxy) is 7. The number of hydrogen-bond acceptors (Lipinski definition) is 19. The van der Waals surface area contributed by atoms with E-state index >= 15 is 0 Å². The fourth-order valence-electron chi connectivity index (χ4n) is 6.44. The van der Waals surface area contributed by atoms with Gasteiger partial charge in [0.05, 0.1) is 44.7 Å². The van der Waals surface area contributed by atoms with Gasteiger partial charge in [0.1, 0.15) is 54.6 Å². The van der Waals surface area contributed by atoms with Crippen molar-refractivity contribution >= 4 is 11.9 Å². The number of carbonyl (C=O) groups is 2. The molecular weight excluding hydrogens is 760 g/mol. The molecule has 19 heteroatoms. The van der Waals surface area contributed by atoms with Crippen LogP contribution in [0.5, 0.6) is 17.2 Å². The molecule has 10 N–H and O–H groups in total. The van der Waals surface area contributed by atoms with Gasteiger partial charge < -0.3 is 84.2 Å². The molecule has 0 spiro atoms. The van der Waals surface area contributed by atoms with Crippen LogP contribution in [0.2, 0.25) is 0 Å². The maximum atomic E-state index is 13.4. The number of phenols is 2. The highest BCUT2D eigenvalue weighted by atomic mass is 16.8. The molecule has 0 aromatic heterocycles. The van der Waals surface area contributed by atoms with E-state index in [1.54, 1.807) is 19.1 Å². The highest BCUT2D eigenvalue weighted by molar-refractivity contribution is 5.91. The SMILES string of the molecule is C/C=C1\[C@H](O[C@H]2O[C@@H](CO)[C@@H](O)[C@H](O)[C@H]2O)OC=C(C(=O)OCCc2ccc(O)c(O)c2)[C@H]1CC(=O)Oc1ccc(CCO[C@H]2O[C@H](CO)[C@H](O)[C@@H](O)[C@H]2O)cc1. The van der Waals surface area contributed by atoms with Crippen LogP contribution >= 0.6 is 0 Å². The first-order valence-electron chi connectivity index (χ1n) is 18.1. The molecular formula is C38H48O19. The number of aliphatic hydroxyl groups excluding tert-OH is 8. The Morgan fingerprint density at radius 1 is 0.737 bits per heavy atom. The molecule has 0 radical (unpaired) electrons. The van der Waals surface area contributed by atoms with Crippen molar-refractivity contribution in [3.63, 3.8) is 0 Å². The van der Waals surface area contributed by atoms with Crippen LogP contribution < -0.4 is 4.74 Å². The number of hydrogen-bond donors (Lipinski definition) is 10. The molecule has 2 saturated heterocycles. The Hall–Kier alpha value is -4.22. The number of allylic oxidation sites excluding steroid dienone is 1. The lowest BCUT2D eigenvalue weighted by Gasteiger charge is -2.41. The van der Waals surface area contributed by atoms with Gasteiger partial charge in [0.15, 0.2) is 24.1 Å². The fraction of sp³-hybridized carbons (Fsp3) is 0.526. The summed E-state index contributed by atoms with van der Waals surface area (Å²) in [7, 11) is 0. The fourth-order valence-corrected chi connectivity index (χ4v) is 6.44. The number of benzene rings is 2. The van der Waals surface area contributed by atoms with E-state index in [0.29, 0.717) is 12.0 Å². The van der Waals surface area contributed by atoms with Crippen molar-refractivity contribution in [1.82, 2.24) is 0 Å². The predicted molar refractivity (Wildman–Crippen MR) is 190 cm³/mol. The van der Waals surface area contributed by atoms with Gasteiger partial charge in [-0.1, -0.05) is 24.3 Å². The van der Waals surface area contributed by atoms with Crippen LogP contribution in [0.3, 0.4) is 0 Å². The maximum absolute atomic E-state index is 13.4. The maximum Gasteiger partial charge on any atom is 0.337 e. The monoisotopic (exact) mass is 808 g/mol. The number of phenolic OH excluding ortho intramolecular Hbond substituents is 2. The van der Waals surface area contributed by atoms with Crippen LogP contribution in [0.15, 0.2) is 65.9 Å². The molecule has 0 unspecified atom stereocenters. The number of esters is 2. The smallest absolute Gasteiger partial charge is 0.337 e. The summed E-state index contributed by atoms with van der Waals surface area (Å²) in [5.41, 5.74) is 1.39. The average Bonchev–Trinajstić information content (AvgIpc) is 3.20. The molecule has 3 aliphatic rings. The largest absolute Gasteiger partial charge is 0.504 e. The van der Waals surface area contributed by atoms with Crippen molar-refractivity contribution in [2.24, 2.45) is 5.92 Å². The molecule has 0 bridgehead atoms. The predicted octanol–water partition coefficient (Wildman–Crippen LogP) is -1.84. The summed E-state index contributed by atoms with van der Waals surface area (Å²) < 4.78 is 38.9. The van der Waals surface area contributed by atoms with Crippen molar-refractivity contribution in [1.29, 1.82) is 0 Å². The molecule has 0 aliphatic carbocycles. The molecule has 57 heavy (non-hydrogen) atoms. The summed E-state index contributed by atoms with van der Waals surface area (Å²) in [5.74, 6) is -3.24. The van der Waals surface area contributed by atoms with Gasteiger partial charge >= 0.3 is 11.9 Å². The number of carbonyl (C=O) groups excluding carboxylic acids is 2. The number of aliphatic hydroxyl groups is 8. The Morgan fingerprint density at radius 2 is 1.33 bits per heavy atom. The molecule has 314 valence electrons. The Balaban J connectivity index is 1.24. The standard InChI is InChI=1S/C38H48O19/c1-2-21-22(14-28(43)54-20-6-3-18(4-7-20)9-12-52-37-33(48)31(46)29(44)26(15-39)55-37)23(35(50)51-11-10-19-5-8-24(41)25(42)13-19)17-53-36(21)57-38-34(49)32(47)30(45)27(16-40)56-38/h2-8,13,17,22,26-27,29-34,36-42,44-49H,9-12,14-16H2,1H3/b21-2-/t22-,26+,27-,29-,30+,31+,32-,33+,34+,36-,37-,38+/m0/s1. The summed E-state index contributed by atoms with van der Waals surface area (Å²) in [6.07, 6.45) is -14.0. The summed E-state index contributed by atoms with van der Waals surface area (Å²) >= 11 is 0. The van der Waals surface area contributed by atoms with Gasteiger partial charge in [-0.05, 0) is 48.7 Å². The third-order valence-corrected chi connectivity index (χ3v) is 9.75. The van der Waals surface area contributed by atoms with Gasteiger partial charge in [-0.15, -0.1) is 0 Å². The van der Waals surface area contributed by atoms with Gasteiger partial charge in [-0.25, -0.2) is 4.79 Å². The highest BCUT2D eigenvalue weighted by Crippen LogP contribution is 2.37. The van der Waals surface area contributed by atoms with E-state index in [9.17, 15) is 60.7 Å². The van der Waals surface area contributed by atoms with Crippen LogP contribution in [-0.4, -0.2) is 157 Å². The van der Waals surface area contributed by atoms with E-state index in [-0.39, 0.29) is 48.0 Å². The molecule has 0 amide bonds. The quantitative estimate of drug-likeness (QED) is 0.0409. The first kappa shape index (κ1) is 43.9. The summed E-state index contributed by atoms with van der Waals surface area (Å²) in [5, 5.41) is 99.4. The lowest BCUT2D eigenvalue weighted by molar-refractivity contribution is -0.327. The van der Waals surface area contributed by atoms with Crippen molar-refractivity contribution < 1.29 is 93.8 Å². The summed E-state index contributed by atoms with van der Waals surface area (Å²) in [4.78, 5) is 26.9. The minimum absolute atomic E-state index is 0.0205. The molecule has 2 aromatic carbocycles. The third-order valence-electron chi connectivity index (χ3n) is 9.75. The molecule has 3 aliphatic heterocycles. The topological polar surface area (TPSA) is 301 Å². The van der Waals surface area contributed by atoms with Gasteiger partial charge in [0.2, 0.25) is 6.29 Å². The number of aromatic hydroxyl groups is 2. The molecule has 2 fully saturated rings. The van der Waals surface area contributed by atoms with Crippen LogP contribution in [-0.2, 0) is 50.9 Å². The van der Waals surface area contributed by atoms with E-state index in [1.807, 2.05) is 0 Å². The van der Waals surface area contributed by atoms with Gasteiger partial charge in [0.25, 0.3) is 0 Å². The summed E-state index contributed by atoms with van der Waals surface area (Å²) in [6, 6.07) is 10.5. The van der Waals surface area contributed by atoms with E-state index in [4.69, 9.17) is 33.2 Å². The van der Waals surface area contributed by atoms with Crippen LogP contribution in [0.1, 0.15) is 24.5 Å². The van der Waals surface area contributed by atoms with Crippen molar-refractivity contribution in [2.75, 3.05) is 26.4 Å². The van der Waals surface area contributed by atoms with Crippen molar-refractivity contribution in [2.45, 2.75) is 93.9 Å². The first-order valence-corrected chi connectivity index (χ1v) is 18.1. The number of rotatable bonds is 15. The second-order valence-corrected chi connectivity index (χ2v) is 13.6. The minimum Gasteiger partial charge on any atom is -0.504 e.